The standard InChI is InChI=1S/C41H47N5O5/c1-27-42-37(51-45-27)35(26-29-19-21-31-14-9-11-16-33(31)24-29)46(7)38(48)34(25-28-18-20-30-13-8-10-15-32(30)23-28)43-36(47)17-12-22-41(5,6)44-39(49)50-40(2,3)4/h8-21,23-24,34-35H,22,25-26H2,1-7H3,(H,43,47)(H,44,49)/b17-12+. The summed E-state index contributed by atoms with van der Waals surface area (Å²) in [7, 11) is 1.70. The zero-order valence-electron chi connectivity index (χ0n) is 30.4. The molecule has 0 aliphatic carbocycles. The van der Waals surface area contributed by atoms with Gasteiger partial charge >= 0.3 is 6.09 Å². The zero-order valence-corrected chi connectivity index (χ0v) is 30.4. The maximum atomic E-state index is 14.5. The average molecular weight is 690 g/mol. The number of rotatable bonds is 12. The Hall–Kier alpha value is -5.51. The molecule has 0 fully saturated rings. The Labute approximate surface area is 299 Å². The van der Waals surface area contributed by atoms with Crippen LogP contribution < -0.4 is 10.6 Å². The molecule has 0 saturated carbocycles. The van der Waals surface area contributed by atoms with Gasteiger partial charge in [0.15, 0.2) is 5.82 Å². The predicted molar refractivity (Wildman–Crippen MR) is 199 cm³/mol. The van der Waals surface area contributed by atoms with E-state index in [1.165, 1.54) is 6.08 Å². The van der Waals surface area contributed by atoms with Crippen molar-refractivity contribution in [2.75, 3.05) is 7.05 Å². The highest BCUT2D eigenvalue weighted by Crippen LogP contribution is 2.27. The lowest BCUT2D eigenvalue weighted by Gasteiger charge is -2.30. The summed E-state index contributed by atoms with van der Waals surface area (Å²) >= 11 is 0. The molecule has 266 valence electrons. The zero-order chi connectivity index (χ0) is 36.8. The minimum Gasteiger partial charge on any atom is -0.444 e. The maximum absolute atomic E-state index is 14.5. The Morgan fingerprint density at radius 3 is 1.96 bits per heavy atom. The normalized spacial score (nSPS) is 13.2. The number of fused-ring (bicyclic) bond motifs is 2. The number of benzene rings is 4. The molecule has 0 spiro atoms. The van der Waals surface area contributed by atoms with Gasteiger partial charge in [0.05, 0.1) is 0 Å². The first-order valence-corrected chi connectivity index (χ1v) is 17.2. The maximum Gasteiger partial charge on any atom is 0.408 e. The van der Waals surface area contributed by atoms with Crippen molar-refractivity contribution >= 4 is 39.5 Å². The van der Waals surface area contributed by atoms with Gasteiger partial charge < -0.3 is 24.8 Å². The molecule has 0 radical (unpaired) electrons. The van der Waals surface area contributed by atoms with Crippen LogP contribution in [0.4, 0.5) is 4.79 Å². The molecule has 0 aliphatic rings. The highest BCUT2D eigenvalue weighted by molar-refractivity contribution is 5.93. The van der Waals surface area contributed by atoms with Crippen molar-refractivity contribution in [3.05, 3.63) is 120 Å². The fourth-order valence-corrected chi connectivity index (χ4v) is 5.94. The Balaban J connectivity index is 1.38. The van der Waals surface area contributed by atoms with Gasteiger partial charge in [0.2, 0.25) is 17.7 Å². The van der Waals surface area contributed by atoms with Gasteiger partial charge in [-0.05, 0) is 86.7 Å². The third-order valence-corrected chi connectivity index (χ3v) is 8.49. The van der Waals surface area contributed by atoms with E-state index in [9.17, 15) is 14.4 Å². The first-order chi connectivity index (χ1) is 24.2. The van der Waals surface area contributed by atoms with Crippen molar-refractivity contribution in [2.24, 2.45) is 0 Å². The van der Waals surface area contributed by atoms with Crippen molar-refractivity contribution in [3.63, 3.8) is 0 Å². The van der Waals surface area contributed by atoms with Crippen molar-refractivity contribution in [3.8, 4) is 0 Å². The SMILES string of the molecule is Cc1noc(C(Cc2ccc3ccccc3c2)N(C)C(=O)C(Cc2ccc3ccccc3c2)NC(=O)/C=C/CC(C)(C)NC(=O)OC(C)(C)C)n1. The average Bonchev–Trinajstić information content (AvgIpc) is 3.50. The third kappa shape index (κ3) is 10.3. The molecule has 51 heavy (non-hydrogen) atoms. The summed E-state index contributed by atoms with van der Waals surface area (Å²) in [6.07, 6.45) is 3.57. The van der Waals surface area contributed by atoms with Gasteiger partial charge in [-0.1, -0.05) is 96.2 Å². The molecule has 5 rings (SSSR count). The number of ether oxygens (including phenoxy) is 1. The predicted octanol–water partition coefficient (Wildman–Crippen LogP) is 7.40. The molecule has 0 bridgehead atoms. The smallest absolute Gasteiger partial charge is 0.408 e. The summed E-state index contributed by atoms with van der Waals surface area (Å²) in [6, 6.07) is 26.8. The molecule has 5 aromatic rings. The van der Waals surface area contributed by atoms with Crippen molar-refractivity contribution in [1.29, 1.82) is 0 Å². The van der Waals surface area contributed by atoms with E-state index in [-0.39, 0.29) is 12.3 Å². The lowest BCUT2D eigenvalue weighted by Crippen LogP contribution is -2.49. The summed E-state index contributed by atoms with van der Waals surface area (Å²) in [5, 5.41) is 14.1. The van der Waals surface area contributed by atoms with Crippen LogP contribution in [0.25, 0.3) is 21.5 Å². The van der Waals surface area contributed by atoms with Gasteiger partial charge in [0, 0.05) is 25.4 Å². The monoisotopic (exact) mass is 689 g/mol. The van der Waals surface area contributed by atoms with Crippen LogP contribution in [-0.4, -0.2) is 57.2 Å². The van der Waals surface area contributed by atoms with Gasteiger partial charge in [-0.15, -0.1) is 0 Å². The van der Waals surface area contributed by atoms with Crippen molar-refractivity contribution in [1.82, 2.24) is 25.7 Å². The van der Waals surface area contributed by atoms with Gasteiger partial charge in [-0.25, -0.2) is 4.79 Å². The number of aryl methyl sites for hydroxylation is 1. The fraction of sp³-hybridized carbons (Fsp3) is 0.341. The molecule has 2 N–H and O–H groups in total. The van der Waals surface area contributed by atoms with Crippen LogP contribution in [0.5, 0.6) is 0 Å². The van der Waals surface area contributed by atoms with Crippen LogP contribution in [-0.2, 0) is 27.2 Å². The molecule has 0 aliphatic heterocycles. The molecule has 4 aromatic carbocycles. The molecule has 2 unspecified atom stereocenters. The van der Waals surface area contributed by atoms with Gasteiger partial charge in [0.1, 0.15) is 17.7 Å². The number of nitrogens with zero attached hydrogens (tertiary/aromatic N) is 3. The Bertz CT molecular complexity index is 2040. The second kappa shape index (κ2) is 15.6. The molecular weight excluding hydrogens is 642 g/mol. The molecule has 3 amide bonds. The number of hydrogen-bond acceptors (Lipinski definition) is 7. The summed E-state index contributed by atoms with van der Waals surface area (Å²) in [5.41, 5.74) is 0.576. The molecule has 2 atom stereocenters. The van der Waals surface area contributed by atoms with Crippen molar-refractivity contribution < 1.29 is 23.6 Å². The van der Waals surface area contributed by atoms with E-state index in [1.807, 2.05) is 74.5 Å². The van der Waals surface area contributed by atoms with E-state index < -0.39 is 35.2 Å². The Morgan fingerprint density at radius 1 is 0.843 bits per heavy atom. The Kier molecular flexibility index (Phi) is 11.2. The summed E-state index contributed by atoms with van der Waals surface area (Å²) in [4.78, 5) is 46.3. The first-order valence-electron chi connectivity index (χ1n) is 17.2. The van der Waals surface area contributed by atoms with E-state index in [1.54, 1.807) is 45.7 Å². The largest absolute Gasteiger partial charge is 0.444 e. The van der Waals surface area contributed by atoms with E-state index in [4.69, 9.17) is 9.26 Å². The number of hydrogen-bond donors (Lipinski definition) is 2. The minimum atomic E-state index is -0.913. The Morgan fingerprint density at radius 2 is 1.41 bits per heavy atom. The van der Waals surface area contributed by atoms with E-state index in [0.717, 1.165) is 32.7 Å². The van der Waals surface area contributed by atoms with E-state index in [0.29, 0.717) is 24.6 Å². The number of nitrogens with one attached hydrogen (secondary N) is 2. The number of likely N-dealkylation sites (N-methyl/N-ethyl adjacent to an activating group) is 1. The second-order valence-corrected chi connectivity index (χ2v) is 14.6. The van der Waals surface area contributed by atoms with Crippen LogP contribution in [0.1, 0.15) is 69.9 Å². The molecular formula is C41H47N5O5. The summed E-state index contributed by atoms with van der Waals surface area (Å²) < 4.78 is 11.0. The van der Waals surface area contributed by atoms with Crippen molar-refractivity contribution in [2.45, 2.75) is 84.0 Å². The third-order valence-electron chi connectivity index (χ3n) is 8.49. The quantitative estimate of drug-likeness (QED) is 0.131. The highest BCUT2D eigenvalue weighted by atomic mass is 16.6. The first kappa shape index (κ1) is 36.8. The highest BCUT2D eigenvalue weighted by Gasteiger charge is 2.32. The molecule has 0 saturated heterocycles. The van der Waals surface area contributed by atoms with Crippen LogP contribution in [0.3, 0.4) is 0 Å². The molecule has 10 nitrogen and oxygen atoms in total. The topological polar surface area (TPSA) is 127 Å². The molecule has 1 heterocycles. The van der Waals surface area contributed by atoms with Crippen LogP contribution >= 0.6 is 0 Å². The van der Waals surface area contributed by atoms with Crippen LogP contribution in [0.15, 0.2) is 102 Å². The fourth-order valence-electron chi connectivity index (χ4n) is 5.94. The number of alkyl carbamates (subject to hydrolysis) is 1. The lowest BCUT2D eigenvalue weighted by molar-refractivity contribution is -0.137. The summed E-state index contributed by atoms with van der Waals surface area (Å²) in [6.45, 7) is 10.8. The summed E-state index contributed by atoms with van der Waals surface area (Å²) in [5.74, 6) is 0.0327. The lowest BCUT2D eigenvalue weighted by atomic mass is 9.98. The number of carbonyl (C=O) groups is 3. The number of carbonyl (C=O) groups excluding carboxylic acids is 3. The van der Waals surface area contributed by atoms with Crippen LogP contribution in [0.2, 0.25) is 0 Å². The van der Waals surface area contributed by atoms with Gasteiger partial charge in [0.25, 0.3) is 0 Å². The minimum absolute atomic E-state index is 0.255. The van der Waals surface area contributed by atoms with E-state index >= 15 is 0 Å². The van der Waals surface area contributed by atoms with Gasteiger partial charge in [-0.3, -0.25) is 9.59 Å². The van der Waals surface area contributed by atoms with Gasteiger partial charge in [-0.2, -0.15) is 4.98 Å². The molecule has 10 heteroatoms. The molecule has 1 aromatic heterocycles. The number of aromatic nitrogens is 2. The van der Waals surface area contributed by atoms with E-state index in [2.05, 4.69) is 45.0 Å². The van der Waals surface area contributed by atoms with Crippen LogP contribution in [0, 0.1) is 6.92 Å². The second-order valence-electron chi connectivity index (χ2n) is 14.6. The number of amides is 3.